The smallest absolute Gasteiger partial charge is 0.312 e. The molecule has 0 bridgehead atoms. The summed E-state index contributed by atoms with van der Waals surface area (Å²) in [6, 6.07) is 5.67. The molecule has 36 heavy (non-hydrogen) atoms. The van der Waals surface area contributed by atoms with E-state index in [1.807, 2.05) is 39.0 Å². The van der Waals surface area contributed by atoms with Crippen LogP contribution in [0.1, 0.15) is 32.2 Å². The van der Waals surface area contributed by atoms with Crippen molar-refractivity contribution >= 4 is 17.0 Å². The molecule has 0 saturated carbocycles. The van der Waals surface area contributed by atoms with Gasteiger partial charge in [0.2, 0.25) is 0 Å². The topological polar surface area (TPSA) is 149 Å². The first-order valence-corrected chi connectivity index (χ1v) is 11.7. The molecule has 0 spiro atoms. The summed E-state index contributed by atoms with van der Waals surface area (Å²) in [6.07, 6.45) is 0.254. The number of aliphatic hydroxyl groups is 1. The summed E-state index contributed by atoms with van der Waals surface area (Å²) in [4.78, 5) is 12.2. The molecular weight excluding hydrogens is 467 g/mol. The lowest BCUT2D eigenvalue weighted by Gasteiger charge is -2.23. The minimum atomic E-state index is -0.951. The van der Waals surface area contributed by atoms with Crippen molar-refractivity contribution in [1.82, 2.24) is 35.0 Å². The number of fused-ring (bicyclic) bond motifs is 2. The van der Waals surface area contributed by atoms with Gasteiger partial charge in [0.25, 0.3) is 0 Å². The third kappa shape index (κ3) is 4.95. The van der Waals surface area contributed by atoms with Crippen molar-refractivity contribution in [2.45, 2.75) is 45.4 Å². The molecule has 0 saturated heterocycles. The van der Waals surface area contributed by atoms with Gasteiger partial charge in [-0.15, -0.1) is 0 Å². The van der Waals surface area contributed by atoms with E-state index in [9.17, 15) is 9.50 Å². The van der Waals surface area contributed by atoms with Crippen LogP contribution in [0.4, 0.5) is 10.2 Å². The molecule has 0 aliphatic carbocycles. The number of hydrogen-bond acceptors (Lipinski definition) is 9. The third-order valence-electron chi connectivity index (χ3n) is 5.84. The second-order valence-electron chi connectivity index (χ2n) is 9.77. The SMILES string of the molecule is CC(C)(C)NCC(O)Cn1c(Cc2cc3c(cc2-c2ccn[nH]2)OCCO3)nc2c(N)nc(F)nc21. The summed E-state index contributed by atoms with van der Waals surface area (Å²) in [5.74, 6) is 1.76. The Kier molecular flexibility index (Phi) is 6.22. The number of hydrogen-bond donors (Lipinski definition) is 4. The molecule has 1 aliphatic rings. The first-order valence-electron chi connectivity index (χ1n) is 11.7. The van der Waals surface area contributed by atoms with Gasteiger partial charge in [0, 0.05) is 30.3 Å². The molecule has 0 amide bonds. The van der Waals surface area contributed by atoms with Gasteiger partial charge in [-0.2, -0.15) is 19.5 Å². The van der Waals surface area contributed by atoms with Gasteiger partial charge in [0.15, 0.2) is 28.5 Å². The Hall–Kier alpha value is -3.77. The Morgan fingerprint density at radius 3 is 2.64 bits per heavy atom. The molecule has 5 rings (SSSR count). The molecule has 1 unspecified atom stereocenters. The predicted octanol–water partition coefficient (Wildman–Crippen LogP) is 2.05. The zero-order valence-corrected chi connectivity index (χ0v) is 20.4. The standard InChI is InChI=1S/C24H29FN8O3/c1-24(2,3)27-11-14(34)12-33-19(29-20-21(26)30-23(25)31-22(20)33)9-13-8-17-18(36-7-6-35-17)10-15(13)16-4-5-28-32-16/h4-5,8,10,14,27,34H,6-7,9,11-12H2,1-3H3,(H,28,32)(H2,26,30,31). The number of aliphatic hydroxyl groups excluding tert-OH is 1. The number of rotatable bonds is 7. The zero-order chi connectivity index (χ0) is 25.4. The van der Waals surface area contributed by atoms with Gasteiger partial charge in [-0.3, -0.25) is 5.10 Å². The van der Waals surface area contributed by atoms with E-state index in [0.717, 1.165) is 16.8 Å². The molecule has 5 N–H and O–H groups in total. The first-order chi connectivity index (χ1) is 17.2. The maximum Gasteiger partial charge on any atom is 0.312 e. The quantitative estimate of drug-likeness (QED) is 0.282. The van der Waals surface area contributed by atoms with E-state index in [4.69, 9.17) is 15.2 Å². The summed E-state index contributed by atoms with van der Waals surface area (Å²) in [7, 11) is 0. The van der Waals surface area contributed by atoms with Gasteiger partial charge in [-0.05, 0) is 44.5 Å². The van der Waals surface area contributed by atoms with Gasteiger partial charge in [-0.1, -0.05) is 0 Å². The average Bonchev–Trinajstić information content (AvgIpc) is 3.46. The number of anilines is 1. The molecule has 12 heteroatoms. The number of nitrogens with two attached hydrogens (primary N) is 1. The molecule has 190 valence electrons. The van der Waals surface area contributed by atoms with E-state index < -0.39 is 12.2 Å². The molecule has 3 aromatic heterocycles. The number of aromatic amines is 1. The summed E-state index contributed by atoms with van der Waals surface area (Å²) in [6.45, 7) is 7.42. The van der Waals surface area contributed by atoms with Gasteiger partial charge in [0.05, 0.1) is 18.3 Å². The molecule has 0 radical (unpaired) electrons. The Morgan fingerprint density at radius 1 is 1.19 bits per heavy atom. The number of nitrogens with zero attached hydrogens (tertiary/aromatic N) is 5. The van der Waals surface area contributed by atoms with E-state index >= 15 is 0 Å². The van der Waals surface area contributed by atoms with Crippen LogP contribution in [-0.2, 0) is 13.0 Å². The number of H-pyrrole nitrogens is 1. The highest BCUT2D eigenvalue weighted by molar-refractivity contribution is 5.82. The van der Waals surface area contributed by atoms with E-state index in [1.165, 1.54) is 0 Å². The highest BCUT2D eigenvalue weighted by Gasteiger charge is 2.23. The zero-order valence-electron chi connectivity index (χ0n) is 20.4. The number of β-amino-alcohol motifs (C(OH)–C–C–N with tert-alkyl or cyclic N) is 1. The van der Waals surface area contributed by atoms with Crippen molar-refractivity contribution in [3.8, 4) is 22.8 Å². The summed E-state index contributed by atoms with van der Waals surface area (Å²) in [5, 5.41) is 21.2. The third-order valence-corrected chi connectivity index (χ3v) is 5.84. The highest BCUT2D eigenvalue weighted by Crippen LogP contribution is 2.38. The maximum absolute atomic E-state index is 14.1. The second-order valence-corrected chi connectivity index (χ2v) is 9.77. The fourth-order valence-corrected chi connectivity index (χ4v) is 4.17. The minimum Gasteiger partial charge on any atom is -0.486 e. The molecule has 4 heterocycles. The average molecular weight is 497 g/mol. The first kappa shape index (κ1) is 23.9. The van der Waals surface area contributed by atoms with Crippen LogP contribution in [0.3, 0.4) is 0 Å². The number of ether oxygens (including phenoxy) is 2. The van der Waals surface area contributed by atoms with Crippen molar-refractivity contribution in [1.29, 1.82) is 0 Å². The Labute approximate surface area is 206 Å². The number of halogens is 1. The lowest BCUT2D eigenvalue weighted by Crippen LogP contribution is -2.42. The fourth-order valence-electron chi connectivity index (χ4n) is 4.17. The van der Waals surface area contributed by atoms with Crippen molar-refractivity contribution in [3.05, 3.63) is 41.9 Å². The maximum atomic E-state index is 14.1. The normalized spacial score (nSPS) is 14.4. The summed E-state index contributed by atoms with van der Waals surface area (Å²) < 4.78 is 27.4. The number of nitrogen functional groups attached to an aromatic ring is 1. The predicted molar refractivity (Wildman–Crippen MR) is 131 cm³/mol. The van der Waals surface area contributed by atoms with Crippen LogP contribution in [0.2, 0.25) is 0 Å². The molecule has 11 nitrogen and oxygen atoms in total. The van der Waals surface area contributed by atoms with Gasteiger partial charge < -0.3 is 30.2 Å². The lowest BCUT2D eigenvalue weighted by molar-refractivity contribution is 0.142. The van der Waals surface area contributed by atoms with Crippen molar-refractivity contribution in [3.63, 3.8) is 0 Å². The van der Waals surface area contributed by atoms with Crippen molar-refractivity contribution in [2.75, 3.05) is 25.5 Å². The molecule has 1 aliphatic heterocycles. The largest absolute Gasteiger partial charge is 0.486 e. The highest BCUT2D eigenvalue weighted by atomic mass is 19.1. The van der Waals surface area contributed by atoms with Crippen LogP contribution in [0.15, 0.2) is 24.4 Å². The number of benzene rings is 1. The molecule has 1 aromatic carbocycles. The van der Waals surface area contributed by atoms with Gasteiger partial charge in [0.1, 0.15) is 19.0 Å². The Morgan fingerprint density at radius 2 is 1.94 bits per heavy atom. The van der Waals surface area contributed by atoms with Crippen LogP contribution in [0.5, 0.6) is 11.5 Å². The van der Waals surface area contributed by atoms with Crippen LogP contribution in [0.25, 0.3) is 22.4 Å². The van der Waals surface area contributed by atoms with E-state index in [1.54, 1.807) is 10.8 Å². The van der Waals surface area contributed by atoms with Crippen LogP contribution >= 0.6 is 0 Å². The van der Waals surface area contributed by atoms with E-state index in [-0.39, 0.29) is 29.1 Å². The lowest BCUT2D eigenvalue weighted by atomic mass is 10.00. The number of aromatic nitrogens is 6. The van der Waals surface area contributed by atoms with E-state index in [0.29, 0.717) is 43.5 Å². The number of imidazole rings is 1. The molecular formula is C24H29FN8O3. The van der Waals surface area contributed by atoms with Crippen LogP contribution in [-0.4, -0.2) is 66.2 Å². The Balaban J connectivity index is 1.57. The van der Waals surface area contributed by atoms with Gasteiger partial charge >= 0.3 is 6.08 Å². The minimum absolute atomic E-state index is 0.0595. The summed E-state index contributed by atoms with van der Waals surface area (Å²) in [5.41, 5.74) is 8.84. The van der Waals surface area contributed by atoms with E-state index in [2.05, 4.69) is 30.5 Å². The van der Waals surface area contributed by atoms with Crippen LogP contribution in [0, 0.1) is 6.08 Å². The van der Waals surface area contributed by atoms with Crippen molar-refractivity contribution < 1.29 is 19.0 Å². The van der Waals surface area contributed by atoms with Crippen molar-refractivity contribution in [2.24, 2.45) is 0 Å². The monoisotopic (exact) mass is 496 g/mol. The molecule has 4 aromatic rings. The Bertz CT molecular complexity index is 1380. The second kappa shape index (κ2) is 9.36. The summed E-state index contributed by atoms with van der Waals surface area (Å²) >= 11 is 0. The van der Waals surface area contributed by atoms with Crippen LogP contribution < -0.4 is 20.5 Å². The fraction of sp³-hybridized carbons (Fsp3) is 0.417. The van der Waals surface area contributed by atoms with Gasteiger partial charge in [-0.25, -0.2) is 4.98 Å². The molecule has 0 fully saturated rings. The number of nitrogens with one attached hydrogen (secondary N) is 2. The molecule has 1 atom stereocenters.